The molecule has 0 saturated carbocycles. The predicted molar refractivity (Wildman–Crippen MR) is 310 cm³/mol. The van der Waals surface area contributed by atoms with Crippen molar-refractivity contribution in [3.05, 3.63) is 95.6 Å². The van der Waals surface area contributed by atoms with Crippen molar-refractivity contribution in [3.8, 4) is 11.5 Å². The SMILES string of the molecule is COc1cc(C)c(S(=O)(=O)N(C)CC(=O)N(C)CC(=O)NCC2CCN(c3ccncc3)CC2)c(C)c1.COc1cc(C)c(S(=O)(=O)N(C)CC(=O)N(C)CC(=O)O)c(C)c1.NCC1CCN(c2ccncc2)CC1.O=C(C(=O)C(F)(F)F)C(F)(F)F. The first-order valence-corrected chi connectivity index (χ1v) is 29.8. The Morgan fingerprint density at radius 2 is 0.908 bits per heavy atom. The molecule has 0 unspecified atom stereocenters. The van der Waals surface area contributed by atoms with Gasteiger partial charge in [-0.3, -0.25) is 38.7 Å². The van der Waals surface area contributed by atoms with Crippen LogP contribution in [0.2, 0.25) is 0 Å². The minimum absolute atomic E-state index is 0.111. The minimum Gasteiger partial charge on any atom is -0.497 e. The highest BCUT2D eigenvalue weighted by atomic mass is 32.2. The highest BCUT2D eigenvalue weighted by Crippen LogP contribution is 2.30. The van der Waals surface area contributed by atoms with E-state index < -0.39 is 74.8 Å². The second-order valence-corrected chi connectivity index (χ2v) is 24.5. The first kappa shape index (κ1) is 73.8. The molecule has 482 valence electrons. The van der Waals surface area contributed by atoms with Gasteiger partial charge in [0, 0.05) is 97.1 Å². The number of nitrogens with zero attached hydrogens (tertiary/aromatic N) is 8. The standard InChI is InChI=1S/C26H37N5O5S.C15H22N2O6S.C11H17N3.C4F6O2/c1-19-14-23(36-5)15-20(2)26(19)37(34,35)30(4)18-25(33)29(3)17-24(32)28-16-21-8-12-31(13-9-21)22-6-10-27-11-7-22;1-10-6-12(23-5)7-11(2)15(10)24(21,22)17(4)8-13(18)16(3)9-14(19)20;12-9-10-3-7-14(8-4-10)11-1-5-13-6-2-11;5-3(6,7)1(11)2(12)4(8,9)10/h6-7,10-11,14-15,21H,8-9,12-13,16-18H2,1-5H3,(H,28,32);6-7H,8-9H2,1-5H3,(H,19,20);1-2,5-6,10H,3-4,7-9,12H2;. The molecule has 2 aromatic heterocycles. The Kier molecular flexibility index (Phi) is 28.0. The van der Waals surface area contributed by atoms with Gasteiger partial charge in [-0.2, -0.15) is 35.0 Å². The number of aliphatic carboxylic acids is 1. The average molecular weight is 1280 g/mol. The van der Waals surface area contributed by atoms with Crippen LogP contribution in [0.3, 0.4) is 0 Å². The summed E-state index contributed by atoms with van der Waals surface area (Å²) in [6.45, 7) is 10.7. The lowest BCUT2D eigenvalue weighted by atomic mass is 9.96. The van der Waals surface area contributed by atoms with Gasteiger partial charge in [0.15, 0.2) is 0 Å². The van der Waals surface area contributed by atoms with Crippen molar-refractivity contribution >= 4 is 66.7 Å². The molecule has 0 radical (unpaired) electrons. The van der Waals surface area contributed by atoms with Crippen LogP contribution in [-0.2, 0) is 48.8 Å². The van der Waals surface area contributed by atoms with E-state index in [1.807, 2.05) is 24.5 Å². The zero-order chi connectivity index (χ0) is 65.8. The topological polar surface area (TPSA) is 293 Å². The van der Waals surface area contributed by atoms with Crippen LogP contribution in [0.15, 0.2) is 83.1 Å². The van der Waals surface area contributed by atoms with Gasteiger partial charge >= 0.3 is 29.9 Å². The monoisotopic (exact) mass is 1270 g/mol. The number of rotatable bonds is 20. The summed E-state index contributed by atoms with van der Waals surface area (Å²) < 4.78 is 131. The van der Waals surface area contributed by atoms with Gasteiger partial charge in [-0.15, -0.1) is 0 Å². The number of hydrogen-bond acceptors (Lipinski definition) is 17. The number of aromatic nitrogens is 2. The molecule has 6 rings (SSSR count). The van der Waals surface area contributed by atoms with Crippen molar-refractivity contribution in [1.29, 1.82) is 0 Å². The number of Topliss-reactive ketones (excluding diaryl/α,β-unsaturated/α-hetero) is 2. The number of amides is 3. The number of halogens is 6. The molecule has 2 aliphatic heterocycles. The molecular formula is C56H76F6N10O13S2. The number of methoxy groups -OCH3 is 2. The lowest BCUT2D eigenvalue weighted by Gasteiger charge is -2.33. The Balaban J connectivity index is 0.000000337. The lowest BCUT2D eigenvalue weighted by molar-refractivity contribution is -0.193. The summed E-state index contributed by atoms with van der Waals surface area (Å²) in [5.74, 6) is -7.10. The first-order chi connectivity index (χ1) is 40.5. The molecule has 2 aliphatic rings. The molecule has 31 heteroatoms. The van der Waals surface area contributed by atoms with Crippen LogP contribution in [-0.4, -0.2) is 206 Å². The van der Waals surface area contributed by atoms with Gasteiger partial charge < -0.3 is 45.2 Å². The molecule has 2 fully saturated rings. The van der Waals surface area contributed by atoms with Crippen LogP contribution in [0.1, 0.15) is 47.9 Å². The van der Waals surface area contributed by atoms with Crippen molar-refractivity contribution < 1.29 is 86.5 Å². The number of pyridine rings is 2. The third-order valence-corrected chi connectivity index (χ3v) is 18.1. The van der Waals surface area contributed by atoms with Crippen molar-refractivity contribution in [2.45, 2.75) is 75.5 Å². The van der Waals surface area contributed by atoms with Crippen molar-refractivity contribution in [2.24, 2.45) is 17.6 Å². The van der Waals surface area contributed by atoms with E-state index in [1.54, 1.807) is 64.4 Å². The second kappa shape index (κ2) is 33.0. The van der Waals surface area contributed by atoms with Gasteiger partial charge in [-0.05, 0) is 143 Å². The summed E-state index contributed by atoms with van der Waals surface area (Å²) in [4.78, 5) is 82.3. The zero-order valence-corrected chi connectivity index (χ0v) is 51.7. The summed E-state index contributed by atoms with van der Waals surface area (Å²) in [6, 6.07) is 14.6. The van der Waals surface area contributed by atoms with E-state index in [0.29, 0.717) is 46.2 Å². The van der Waals surface area contributed by atoms with Gasteiger partial charge in [-0.25, -0.2) is 16.8 Å². The van der Waals surface area contributed by atoms with E-state index in [2.05, 4.69) is 37.2 Å². The first-order valence-electron chi connectivity index (χ1n) is 26.9. The number of carbonyl (C=O) groups is 6. The van der Waals surface area contributed by atoms with Crippen molar-refractivity contribution in [3.63, 3.8) is 0 Å². The molecule has 4 N–H and O–H groups in total. The third kappa shape index (κ3) is 22.3. The molecule has 4 aromatic rings. The summed E-state index contributed by atoms with van der Waals surface area (Å²) >= 11 is 0. The largest absolute Gasteiger partial charge is 0.497 e. The van der Waals surface area contributed by atoms with Gasteiger partial charge in [0.25, 0.3) is 0 Å². The number of nitrogens with two attached hydrogens (primary N) is 1. The van der Waals surface area contributed by atoms with E-state index in [4.69, 9.17) is 20.3 Å². The number of benzene rings is 2. The number of anilines is 2. The Morgan fingerprint density at radius 3 is 1.21 bits per heavy atom. The highest BCUT2D eigenvalue weighted by molar-refractivity contribution is 7.89. The quantitative estimate of drug-likeness (QED) is 0.0791. The molecule has 3 amide bonds. The number of carboxylic acid groups (broad SMARTS) is 1. The number of aryl methyl sites for hydroxylation is 4. The van der Waals surface area contributed by atoms with Gasteiger partial charge in [0.05, 0.1) is 43.6 Å². The fraction of sp³-hybridized carbons (Fsp3) is 0.500. The number of likely N-dealkylation sites (N-methyl/N-ethyl adjacent to an activating group) is 4. The Bertz CT molecular complexity index is 3140. The molecular weight excluding hydrogens is 1200 g/mol. The number of piperidine rings is 2. The van der Waals surface area contributed by atoms with Crippen molar-refractivity contribution in [1.82, 2.24) is 33.7 Å². The maximum Gasteiger partial charge on any atom is 0.458 e. The lowest BCUT2D eigenvalue weighted by Crippen LogP contribution is -2.45. The van der Waals surface area contributed by atoms with E-state index in [9.17, 15) is 71.9 Å². The van der Waals surface area contributed by atoms with Gasteiger partial charge in [0.2, 0.25) is 37.8 Å². The predicted octanol–water partition coefficient (Wildman–Crippen LogP) is 4.80. The molecule has 2 saturated heterocycles. The van der Waals surface area contributed by atoms with Crippen LogP contribution in [0, 0.1) is 39.5 Å². The van der Waals surface area contributed by atoms with E-state index in [0.717, 1.165) is 70.7 Å². The number of sulfonamides is 2. The molecule has 0 bridgehead atoms. The Labute approximate surface area is 502 Å². The summed E-state index contributed by atoms with van der Waals surface area (Å²) in [7, 11) is 0.654. The highest BCUT2D eigenvalue weighted by Gasteiger charge is 2.54. The summed E-state index contributed by atoms with van der Waals surface area (Å²) in [6.07, 6.45) is 0.0988. The van der Waals surface area contributed by atoms with Crippen LogP contribution in [0.25, 0.3) is 0 Å². The smallest absolute Gasteiger partial charge is 0.458 e. The summed E-state index contributed by atoms with van der Waals surface area (Å²) in [5, 5.41) is 11.6. The van der Waals surface area contributed by atoms with Gasteiger partial charge in [-0.1, -0.05) is 0 Å². The molecule has 4 heterocycles. The average Bonchev–Trinajstić information content (AvgIpc) is 0.967. The zero-order valence-electron chi connectivity index (χ0n) is 50.1. The fourth-order valence-electron chi connectivity index (χ4n) is 9.07. The number of ketones is 2. The Hall–Kier alpha value is -7.48. The molecule has 2 aromatic carbocycles. The maximum atomic E-state index is 13.2. The van der Waals surface area contributed by atoms with Crippen LogP contribution >= 0.6 is 0 Å². The number of alkyl halides is 6. The van der Waals surface area contributed by atoms with Crippen LogP contribution in [0.4, 0.5) is 37.7 Å². The molecule has 23 nitrogen and oxygen atoms in total. The molecule has 0 aliphatic carbocycles. The maximum absolute atomic E-state index is 13.2. The van der Waals surface area contributed by atoms with E-state index >= 15 is 0 Å². The van der Waals surface area contributed by atoms with Crippen LogP contribution in [0.5, 0.6) is 11.5 Å². The van der Waals surface area contributed by atoms with Gasteiger partial charge in [0.1, 0.15) is 18.0 Å². The van der Waals surface area contributed by atoms with E-state index in [-0.39, 0.29) is 28.8 Å². The van der Waals surface area contributed by atoms with E-state index in [1.165, 1.54) is 65.8 Å². The Morgan fingerprint density at radius 1 is 0.586 bits per heavy atom. The molecule has 0 atom stereocenters. The molecule has 0 spiro atoms. The number of hydrogen-bond donors (Lipinski definition) is 3. The summed E-state index contributed by atoms with van der Waals surface area (Å²) in [5.41, 5.74) is 10.2. The minimum atomic E-state index is -5.77. The number of ether oxygens (including phenoxy) is 2. The fourth-order valence-corrected chi connectivity index (χ4v) is 12.1. The van der Waals surface area contributed by atoms with Crippen molar-refractivity contribution in [2.75, 3.05) is 118 Å². The molecule has 87 heavy (non-hydrogen) atoms. The number of nitrogens with one attached hydrogen (secondary N) is 1. The van der Waals surface area contributed by atoms with Crippen LogP contribution < -0.4 is 30.3 Å². The number of carbonyl (C=O) groups excluding carboxylic acids is 5. The number of carboxylic acids is 1. The second-order valence-electron chi connectivity index (χ2n) is 20.6. The normalized spacial score (nSPS) is 14.1. The third-order valence-electron chi connectivity index (χ3n) is 13.9.